The van der Waals surface area contributed by atoms with Gasteiger partial charge in [-0.3, -0.25) is 4.98 Å². The van der Waals surface area contributed by atoms with E-state index >= 15 is 0 Å². The number of para-hydroxylation sites is 2. The van der Waals surface area contributed by atoms with E-state index < -0.39 is 0 Å². The number of fused-ring (bicyclic) bond motifs is 2. The monoisotopic (exact) mass is 463 g/mol. The molecule has 0 aliphatic carbocycles. The molecule has 3 nitrogen and oxygen atoms in total. The Hall–Kier alpha value is -4.68. The van der Waals surface area contributed by atoms with E-state index in [2.05, 4.69) is 121 Å². The summed E-state index contributed by atoms with van der Waals surface area (Å²) in [5.41, 5.74) is 10.8. The van der Waals surface area contributed by atoms with Crippen molar-refractivity contribution in [2.45, 2.75) is 19.3 Å². The van der Waals surface area contributed by atoms with Gasteiger partial charge in [-0.15, -0.1) is 0 Å². The first kappa shape index (κ1) is 21.8. The first-order valence-corrected chi connectivity index (χ1v) is 12.1. The van der Waals surface area contributed by atoms with Crippen LogP contribution in [0.15, 0.2) is 116 Å². The zero-order chi connectivity index (χ0) is 24.7. The molecule has 1 aromatic heterocycles. The maximum absolute atomic E-state index is 9.38. The number of rotatable bonds is 3. The van der Waals surface area contributed by atoms with Gasteiger partial charge in [0.2, 0.25) is 0 Å². The van der Waals surface area contributed by atoms with E-state index in [0.29, 0.717) is 5.56 Å². The molecule has 6 rings (SSSR count). The molecule has 5 aromatic rings. The van der Waals surface area contributed by atoms with Crippen LogP contribution in [0.25, 0.3) is 22.3 Å². The molecular formula is C33H25N3. The molecule has 2 heterocycles. The summed E-state index contributed by atoms with van der Waals surface area (Å²) in [6.45, 7) is 4.61. The fourth-order valence-corrected chi connectivity index (χ4v) is 5.39. The first-order chi connectivity index (χ1) is 17.6. The van der Waals surface area contributed by atoms with Gasteiger partial charge in [0.1, 0.15) is 6.07 Å². The van der Waals surface area contributed by atoms with Crippen molar-refractivity contribution >= 4 is 17.1 Å². The van der Waals surface area contributed by atoms with Crippen LogP contribution in [0.4, 0.5) is 17.1 Å². The summed E-state index contributed by atoms with van der Waals surface area (Å²) in [5, 5.41) is 9.38. The van der Waals surface area contributed by atoms with Gasteiger partial charge in [-0.1, -0.05) is 86.6 Å². The van der Waals surface area contributed by atoms with Crippen LogP contribution in [0.5, 0.6) is 0 Å². The van der Waals surface area contributed by atoms with Gasteiger partial charge in [-0.2, -0.15) is 5.26 Å². The summed E-state index contributed by atoms with van der Waals surface area (Å²) < 4.78 is 0. The summed E-state index contributed by atoms with van der Waals surface area (Å²) in [6, 6.07) is 38.5. The van der Waals surface area contributed by atoms with E-state index in [-0.39, 0.29) is 5.41 Å². The summed E-state index contributed by atoms with van der Waals surface area (Å²) in [6.07, 6.45) is 3.42. The highest BCUT2D eigenvalue weighted by molar-refractivity contribution is 5.89. The Morgan fingerprint density at radius 3 is 1.94 bits per heavy atom. The average molecular weight is 464 g/mol. The highest BCUT2D eigenvalue weighted by Gasteiger charge is 2.36. The van der Waals surface area contributed by atoms with Gasteiger partial charge in [0, 0.05) is 29.1 Å². The zero-order valence-electron chi connectivity index (χ0n) is 20.3. The van der Waals surface area contributed by atoms with E-state index in [0.717, 1.165) is 27.9 Å². The molecule has 4 aromatic carbocycles. The highest BCUT2D eigenvalue weighted by atomic mass is 15.2. The summed E-state index contributed by atoms with van der Waals surface area (Å²) in [7, 11) is 0. The van der Waals surface area contributed by atoms with Crippen molar-refractivity contribution in [2.75, 3.05) is 4.90 Å². The molecule has 0 saturated heterocycles. The van der Waals surface area contributed by atoms with Gasteiger partial charge in [-0.05, 0) is 58.1 Å². The Morgan fingerprint density at radius 2 is 1.28 bits per heavy atom. The Bertz CT molecular complexity index is 1590. The van der Waals surface area contributed by atoms with Crippen LogP contribution in [-0.2, 0) is 5.41 Å². The van der Waals surface area contributed by atoms with Gasteiger partial charge in [0.15, 0.2) is 0 Å². The molecule has 0 spiro atoms. The van der Waals surface area contributed by atoms with Crippen molar-refractivity contribution in [3.63, 3.8) is 0 Å². The predicted octanol–water partition coefficient (Wildman–Crippen LogP) is 8.40. The Kier molecular flexibility index (Phi) is 5.16. The Morgan fingerprint density at radius 1 is 0.667 bits per heavy atom. The van der Waals surface area contributed by atoms with Gasteiger partial charge in [-0.25, -0.2) is 0 Å². The molecule has 1 aliphatic rings. The number of hydrogen-bond donors (Lipinski definition) is 0. The maximum Gasteiger partial charge on any atom is 0.101 e. The van der Waals surface area contributed by atoms with Crippen molar-refractivity contribution in [1.29, 1.82) is 5.26 Å². The summed E-state index contributed by atoms with van der Waals surface area (Å²) in [5.74, 6) is 0. The van der Waals surface area contributed by atoms with Crippen LogP contribution in [-0.4, -0.2) is 4.98 Å². The SMILES string of the molecule is CC1(C)c2ccccc2N(c2cccc(-c3ccccc3-c3cncc(C#N)c3)c2)c2ccccc21. The third-order valence-electron chi connectivity index (χ3n) is 7.16. The van der Waals surface area contributed by atoms with Crippen LogP contribution in [0.2, 0.25) is 0 Å². The molecule has 0 unspecified atom stereocenters. The van der Waals surface area contributed by atoms with E-state index in [9.17, 15) is 5.26 Å². The Labute approximate surface area is 211 Å². The smallest absolute Gasteiger partial charge is 0.101 e. The van der Waals surface area contributed by atoms with Crippen molar-refractivity contribution in [1.82, 2.24) is 4.98 Å². The van der Waals surface area contributed by atoms with Crippen molar-refractivity contribution in [2.24, 2.45) is 0 Å². The molecule has 0 amide bonds. The molecule has 0 radical (unpaired) electrons. The number of aromatic nitrogens is 1. The fourth-order valence-electron chi connectivity index (χ4n) is 5.39. The van der Waals surface area contributed by atoms with Crippen LogP contribution >= 0.6 is 0 Å². The number of pyridine rings is 1. The predicted molar refractivity (Wildman–Crippen MR) is 147 cm³/mol. The molecule has 36 heavy (non-hydrogen) atoms. The molecular weight excluding hydrogens is 438 g/mol. The van der Waals surface area contributed by atoms with Crippen LogP contribution in [0.1, 0.15) is 30.5 Å². The molecule has 0 atom stereocenters. The second kappa shape index (κ2) is 8.52. The lowest BCUT2D eigenvalue weighted by Crippen LogP contribution is -2.30. The molecule has 0 bridgehead atoms. The highest BCUT2D eigenvalue weighted by Crippen LogP contribution is 2.51. The molecule has 3 heteroatoms. The second-order valence-electron chi connectivity index (χ2n) is 9.66. The van der Waals surface area contributed by atoms with Crippen LogP contribution in [0, 0.1) is 11.3 Å². The number of nitrogens with zero attached hydrogens (tertiary/aromatic N) is 3. The Balaban J connectivity index is 1.53. The fraction of sp³-hybridized carbons (Fsp3) is 0.0909. The van der Waals surface area contributed by atoms with Crippen LogP contribution < -0.4 is 4.90 Å². The summed E-state index contributed by atoms with van der Waals surface area (Å²) >= 11 is 0. The molecule has 0 saturated carbocycles. The average Bonchev–Trinajstić information content (AvgIpc) is 2.93. The van der Waals surface area contributed by atoms with E-state index in [1.54, 1.807) is 6.20 Å². The lowest BCUT2D eigenvalue weighted by molar-refractivity contribution is 0.632. The second-order valence-corrected chi connectivity index (χ2v) is 9.66. The van der Waals surface area contributed by atoms with Crippen molar-refractivity contribution < 1.29 is 0 Å². The standard InChI is InChI=1S/C33H25N3/c1-33(2)29-14-5-7-16-31(29)36(32-17-8-6-15-30(32)33)26-11-9-10-24(19-26)27-12-3-4-13-28(27)25-18-23(20-34)21-35-22-25/h3-19,21-22H,1-2H3. The van der Waals surface area contributed by atoms with Gasteiger partial charge in [0.25, 0.3) is 0 Å². The van der Waals surface area contributed by atoms with Gasteiger partial charge >= 0.3 is 0 Å². The minimum atomic E-state index is -0.0906. The normalized spacial score (nSPS) is 13.4. The van der Waals surface area contributed by atoms with Crippen LogP contribution in [0.3, 0.4) is 0 Å². The van der Waals surface area contributed by atoms with E-state index in [1.807, 2.05) is 18.3 Å². The molecule has 172 valence electrons. The number of benzene rings is 4. The number of hydrogen-bond acceptors (Lipinski definition) is 3. The third-order valence-corrected chi connectivity index (χ3v) is 7.16. The van der Waals surface area contributed by atoms with E-state index in [1.165, 1.54) is 22.5 Å². The number of anilines is 3. The summed E-state index contributed by atoms with van der Waals surface area (Å²) in [4.78, 5) is 6.67. The third kappa shape index (κ3) is 3.47. The van der Waals surface area contributed by atoms with Crippen molar-refractivity contribution in [3.8, 4) is 28.3 Å². The first-order valence-electron chi connectivity index (χ1n) is 12.1. The van der Waals surface area contributed by atoms with Gasteiger partial charge < -0.3 is 4.90 Å². The van der Waals surface area contributed by atoms with Gasteiger partial charge in [0.05, 0.1) is 16.9 Å². The number of nitriles is 1. The lowest BCUT2D eigenvalue weighted by Gasteiger charge is -2.42. The largest absolute Gasteiger partial charge is 0.310 e. The zero-order valence-corrected chi connectivity index (χ0v) is 20.3. The molecule has 1 aliphatic heterocycles. The van der Waals surface area contributed by atoms with Crippen molar-refractivity contribution in [3.05, 3.63) is 132 Å². The lowest BCUT2D eigenvalue weighted by atomic mass is 9.73. The molecule has 0 fully saturated rings. The minimum Gasteiger partial charge on any atom is -0.310 e. The molecule has 0 N–H and O–H groups in total. The maximum atomic E-state index is 9.38. The quantitative estimate of drug-likeness (QED) is 0.270. The topological polar surface area (TPSA) is 39.9 Å². The minimum absolute atomic E-state index is 0.0906. The van der Waals surface area contributed by atoms with E-state index in [4.69, 9.17) is 0 Å².